The Morgan fingerprint density at radius 3 is 3.18 bits per heavy atom. The lowest BCUT2D eigenvalue weighted by Crippen LogP contribution is -2.39. The van der Waals surface area contributed by atoms with Crippen LogP contribution in [0.5, 0.6) is 0 Å². The highest BCUT2D eigenvalue weighted by Crippen LogP contribution is 2.10. The van der Waals surface area contributed by atoms with Crippen LogP contribution in [0.1, 0.15) is 17.1 Å². The van der Waals surface area contributed by atoms with E-state index < -0.39 is 0 Å². The Bertz CT molecular complexity index is 321. The zero-order chi connectivity index (χ0) is 11.9. The molecule has 1 aromatic rings. The van der Waals surface area contributed by atoms with Gasteiger partial charge in [0.15, 0.2) is 0 Å². The van der Waals surface area contributed by atoms with E-state index >= 15 is 0 Å². The number of hydrogen-bond acceptors (Lipinski definition) is 5. The predicted molar refractivity (Wildman–Crippen MR) is 77.2 cm³/mol. The summed E-state index contributed by atoms with van der Waals surface area (Å²) in [6.45, 7) is 5.39. The third-order valence-corrected chi connectivity index (χ3v) is 5.01. The first-order valence-corrected chi connectivity index (χ1v) is 8.31. The fourth-order valence-corrected chi connectivity index (χ4v) is 3.69. The molecule has 0 aliphatic carbocycles. The molecular weight excluding hydrogens is 250 g/mol. The van der Waals surface area contributed by atoms with Crippen LogP contribution in [0.3, 0.4) is 0 Å². The smallest absolute Gasteiger partial charge is 0.0940 e. The van der Waals surface area contributed by atoms with Crippen LogP contribution in [0.15, 0.2) is 5.38 Å². The van der Waals surface area contributed by atoms with E-state index in [-0.39, 0.29) is 0 Å². The summed E-state index contributed by atoms with van der Waals surface area (Å²) in [4.78, 5) is 4.46. The first kappa shape index (κ1) is 13.3. The highest BCUT2D eigenvalue weighted by atomic mass is 32.2. The normalized spacial score (nSPS) is 20.6. The summed E-state index contributed by atoms with van der Waals surface area (Å²) >= 11 is 3.84. The number of nitrogens with zero attached hydrogens (tertiary/aromatic N) is 1. The summed E-state index contributed by atoms with van der Waals surface area (Å²) in [5.41, 5.74) is 1.15. The van der Waals surface area contributed by atoms with Gasteiger partial charge in [0, 0.05) is 48.1 Å². The topological polar surface area (TPSA) is 37.0 Å². The Morgan fingerprint density at radius 1 is 1.53 bits per heavy atom. The maximum Gasteiger partial charge on any atom is 0.0940 e. The molecule has 1 aromatic heterocycles. The molecule has 96 valence electrons. The van der Waals surface area contributed by atoms with Crippen molar-refractivity contribution in [2.45, 2.75) is 25.8 Å². The minimum Gasteiger partial charge on any atom is -0.316 e. The van der Waals surface area contributed by atoms with Gasteiger partial charge in [-0.15, -0.1) is 11.3 Å². The van der Waals surface area contributed by atoms with Crippen LogP contribution in [-0.4, -0.2) is 42.2 Å². The van der Waals surface area contributed by atoms with Crippen molar-refractivity contribution in [2.24, 2.45) is 0 Å². The Labute approximate surface area is 112 Å². The van der Waals surface area contributed by atoms with Crippen LogP contribution in [-0.2, 0) is 6.42 Å². The fraction of sp³-hybridized carbons (Fsp3) is 0.750. The van der Waals surface area contributed by atoms with Crippen LogP contribution in [0.25, 0.3) is 0 Å². The minimum atomic E-state index is 0.711. The average Bonchev–Trinajstić information content (AvgIpc) is 2.76. The van der Waals surface area contributed by atoms with Crippen LogP contribution in [0, 0.1) is 6.92 Å². The minimum absolute atomic E-state index is 0.711. The molecule has 3 nitrogen and oxygen atoms in total. The highest BCUT2D eigenvalue weighted by Gasteiger charge is 2.11. The van der Waals surface area contributed by atoms with Gasteiger partial charge in [-0.25, -0.2) is 4.98 Å². The van der Waals surface area contributed by atoms with Crippen molar-refractivity contribution in [3.05, 3.63) is 16.1 Å². The van der Waals surface area contributed by atoms with Crippen molar-refractivity contribution in [2.75, 3.05) is 31.1 Å². The molecule has 5 heteroatoms. The first-order chi connectivity index (χ1) is 8.34. The molecule has 2 heterocycles. The van der Waals surface area contributed by atoms with Crippen molar-refractivity contribution < 1.29 is 0 Å². The van der Waals surface area contributed by atoms with Crippen molar-refractivity contribution in [1.82, 2.24) is 15.6 Å². The molecule has 1 aliphatic heterocycles. The SMILES string of the molecule is Cc1csc(CCNCCC2CSCCN2)n1. The lowest BCUT2D eigenvalue weighted by atomic mass is 10.2. The van der Waals surface area contributed by atoms with E-state index in [1.165, 1.54) is 29.5 Å². The van der Waals surface area contributed by atoms with Gasteiger partial charge in [0.05, 0.1) is 5.01 Å². The fourth-order valence-electron chi connectivity index (χ4n) is 1.92. The summed E-state index contributed by atoms with van der Waals surface area (Å²) < 4.78 is 0. The molecular formula is C12H21N3S2. The van der Waals surface area contributed by atoms with Gasteiger partial charge < -0.3 is 10.6 Å². The molecule has 1 fully saturated rings. The largest absolute Gasteiger partial charge is 0.316 e. The molecule has 0 radical (unpaired) electrons. The Kier molecular flexibility index (Phi) is 5.77. The van der Waals surface area contributed by atoms with Crippen LogP contribution in [0.4, 0.5) is 0 Å². The average molecular weight is 271 g/mol. The van der Waals surface area contributed by atoms with E-state index in [1.807, 2.05) is 0 Å². The lowest BCUT2D eigenvalue weighted by molar-refractivity contribution is 0.504. The van der Waals surface area contributed by atoms with Gasteiger partial charge in [-0.3, -0.25) is 0 Å². The second-order valence-corrected chi connectivity index (χ2v) is 6.49. The lowest BCUT2D eigenvalue weighted by Gasteiger charge is -2.23. The van der Waals surface area contributed by atoms with Crippen LogP contribution < -0.4 is 10.6 Å². The van der Waals surface area contributed by atoms with E-state index in [1.54, 1.807) is 11.3 Å². The summed E-state index contributed by atoms with van der Waals surface area (Å²) in [5, 5.41) is 10.4. The maximum absolute atomic E-state index is 4.46. The second-order valence-electron chi connectivity index (χ2n) is 4.40. The van der Waals surface area contributed by atoms with Crippen molar-refractivity contribution >= 4 is 23.1 Å². The Balaban J connectivity index is 1.51. The predicted octanol–water partition coefficient (Wildman–Crippen LogP) is 1.68. The molecule has 1 saturated heterocycles. The van der Waals surface area contributed by atoms with Crippen molar-refractivity contribution in [3.63, 3.8) is 0 Å². The Morgan fingerprint density at radius 2 is 2.47 bits per heavy atom. The molecule has 2 N–H and O–H groups in total. The number of aromatic nitrogens is 1. The molecule has 0 amide bonds. The summed E-state index contributed by atoms with van der Waals surface area (Å²) in [7, 11) is 0. The number of hydrogen-bond donors (Lipinski definition) is 2. The van der Waals surface area contributed by atoms with E-state index in [0.717, 1.165) is 25.2 Å². The first-order valence-electron chi connectivity index (χ1n) is 6.27. The van der Waals surface area contributed by atoms with Crippen LogP contribution in [0.2, 0.25) is 0 Å². The number of rotatable bonds is 6. The van der Waals surface area contributed by atoms with Gasteiger partial charge in [-0.2, -0.15) is 11.8 Å². The number of aryl methyl sites for hydroxylation is 1. The van der Waals surface area contributed by atoms with Crippen molar-refractivity contribution in [1.29, 1.82) is 0 Å². The monoisotopic (exact) mass is 271 g/mol. The third kappa shape index (κ3) is 4.95. The van der Waals surface area contributed by atoms with E-state index in [9.17, 15) is 0 Å². The zero-order valence-electron chi connectivity index (χ0n) is 10.4. The van der Waals surface area contributed by atoms with E-state index in [2.05, 4.69) is 39.7 Å². The molecule has 0 bridgehead atoms. The molecule has 17 heavy (non-hydrogen) atoms. The zero-order valence-corrected chi connectivity index (χ0v) is 12.0. The molecule has 1 unspecified atom stereocenters. The second kappa shape index (κ2) is 7.36. The van der Waals surface area contributed by atoms with Gasteiger partial charge in [0.25, 0.3) is 0 Å². The van der Waals surface area contributed by atoms with Crippen LogP contribution >= 0.6 is 23.1 Å². The molecule has 1 atom stereocenters. The molecule has 0 aromatic carbocycles. The molecule has 2 rings (SSSR count). The molecule has 1 aliphatic rings. The van der Waals surface area contributed by atoms with Crippen molar-refractivity contribution in [3.8, 4) is 0 Å². The molecule has 0 saturated carbocycles. The quantitative estimate of drug-likeness (QED) is 0.772. The van der Waals surface area contributed by atoms with Gasteiger partial charge in [-0.1, -0.05) is 0 Å². The van der Waals surface area contributed by atoms with E-state index in [4.69, 9.17) is 0 Å². The van der Waals surface area contributed by atoms with Gasteiger partial charge >= 0.3 is 0 Å². The van der Waals surface area contributed by atoms with E-state index in [0.29, 0.717) is 6.04 Å². The standard InChI is InChI=1S/C12H21N3S2/c1-10-8-17-12(15-10)3-5-13-4-2-11-9-16-7-6-14-11/h8,11,13-14H,2-7,9H2,1H3. The number of nitrogens with one attached hydrogen (secondary N) is 2. The van der Waals surface area contributed by atoms with Gasteiger partial charge in [-0.05, 0) is 19.9 Å². The highest BCUT2D eigenvalue weighted by molar-refractivity contribution is 7.99. The summed E-state index contributed by atoms with van der Waals surface area (Å²) in [6, 6.07) is 0.711. The molecule has 0 spiro atoms. The Hall–Kier alpha value is -0.100. The van der Waals surface area contributed by atoms with Gasteiger partial charge in [0.1, 0.15) is 0 Å². The van der Waals surface area contributed by atoms with Gasteiger partial charge in [0.2, 0.25) is 0 Å². The number of thiazole rings is 1. The number of thioether (sulfide) groups is 1. The third-order valence-electron chi connectivity index (χ3n) is 2.85. The summed E-state index contributed by atoms with van der Waals surface area (Å²) in [5.74, 6) is 2.54. The summed E-state index contributed by atoms with van der Waals surface area (Å²) in [6.07, 6.45) is 2.30. The maximum atomic E-state index is 4.46.